The third-order valence-electron chi connectivity index (χ3n) is 4.16. The van der Waals surface area contributed by atoms with Gasteiger partial charge >= 0.3 is 0 Å². The van der Waals surface area contributed by atoms with Crippen LogP contribution in [0.25, 0.3) is 0 Å². The molecule has 2 heteroatoms. The van der Waals surface area contributed by atoms with E-state index in [-0.39, 0.29) is 0 Å². The van der Waals surface area contributed by atoms with Gasteiger partial charge in [-0.3, -0.25) is 0 Å². The maximum Gasteiger partial charge on any atom is 0.0656 e. The smallest absolute Gasteiger partial charge is 0.0656 e. The van der Waals surface area contributed by atoms with Gasteiger partial charge in [-0.2, -0.15) is 0 Å². The first kappa shape index (κ1) is 12.4. The lowest BCUT2D eigenvalue weighted by molar-refractivity contribution is -0.123. The summed E-state index contributed by atoms with van der Waals surface area (Å²) in [4.78, 5) is 0. The van der Waals surface area contributed by atoms with E-state index < -0.39 is 0 Å². The third kappa shape index (κ3) is 2.78. The minimum atomic E-state index is 0.323. The Labute approximate surface area is 100 Å². The number of rotatable bonds is 6. The molecule has 0 aliphatic heterocycles. The predicted octanol–water partition coefficient (Wildman–Crippen LogP) is 2.83. The molecule has 0 saturated heterocycles. The normalized spacial score (nSPS) is 32.8. The molecule has 0 radical (unpaired) electrons. The van der Waals surface area contributed by atoms with Crippen molar-refractivity contribution in [2.24, 2.45) is 17.3 Å². The van der Waals surface area contributed by atoms with E-state index in [1.165, 1.54) is 25.8 Å². The summed E-state index contributed by atoms with van der Waals surface area (Å²) in [7, 11) is 0. The maximum atomic E-state index is 5.97. The Bertz CT molecular complexity index is 219. The van der Waals surface area contributed by atoms with E-state index in [4.69, 9.17) is 4.74 Å². The molecule has 0 amide bonds. The van der Waals surface area contributed by atoms with Crippen LogP contribution in [0.15, 0.2) is 0 Å². The van der Waals surface area contributed by atoms with Gasteiger partial charge in [-0.05, 0) is 37.6 Å². The lowest BCUT2D eigenvalue weighted by atomic mass is 9.64. The van der Waals surface area contributed by atoms with Crippen molar-refractivity contribution < 1.29 is 4.74 Å². The molecule has 0 heterocycles. The topological polar surface area (TPSA) is 21.3 Å². The molecular weight excluding hydrogens is 198 g/mol. The summed E-state index contributed by atoms with van der Waals surface area (Å²) in [5.41, 5.74) is 0.323. The SMILES string of the molecule is CC(C)COC1CC(NCC2CC2)C1(C)C. The van der Waals surface area contributed by atoms with E-state index in [1.807, 2.05) is 0 Å². The van der Waals surface area contributed by atoms with Gasteiger partial charge in [-0.1, -0.05) is 27.7 Å². The molecule has 1 N–H and O–H groups in total. The van der Waals surface area contributed by atoms with Gasteiger partial charge in [0.2, 0.25) is 0 Å². The van der Waals surface area contributed by atoms with Gasteiger partial charge in [0, 0.05) is 18.1 Å². The molecule has 0 aromatic heterocycles. The van der Waals surface area contributed by atoms with Crippen molar-refractivity contribution in [1.29, 1.82) is 0 Å². The van der Waals surface area contributed by atoms with Crippen LogP contribution >= 0.6 is 0 Å². The highest BCUT2D eigenvalue weighted by Gasteiger charge is 2.48. The summed E-state index contributed by atoms with van der Waals surface area (Å²) in [6, 6.07) is 0.672. The van der Waals surface area contributed by atoms with Gasteiger partial charge in [0.15, 0.2) is 0 Å². The van der Waals surface area contributed by atoms with Crippen LogP contribution in [0.1, 0.15) is 47.0 Å². The number of nitrogens with one attached hydrogen (secondary N) is 1. The summed E-state index contributed by atoms with van der Waals surface area (Å²) >= 11 is 0. The zero-order valence-electron chi connectivity index (χ0n) is 11.3. The number of hydrogen-bond acceptors (Lipinski definition) is 2. The fraction of sp³-hybridized carbons (Fsp3) is 1.00. The van der Waals surface area contributed by atoms with Gasteiger partial charge in [-0.15, -0.1) is 0 Å². The molecule has 2 saturated carbocycles. The molecule has 2 aliphatic carbocycles. The second-order valence-corrected chi connectivity index (χ2v) is 6.68. The van der Waals surface area contributed by atoms with E-state index in [0.717, 1.165) is 12.5 Å². The van der Waals surface area contributed by atoms with Crippen LogP contribution in [0.5, 0.6) is 0 Å². The molecule has 0 aromatic rings. The van der Waals surface area contributed by atoms with Crippen molar-refractivity contribution in [2.45, 2.75) is 59.1 Å². The van der Waals surface area contributed by atoms with Crippen molar-refractivity contribution in [3.63, 3.8) is 0 Å². The molecule has 16 heavy (non-hydrogen) atoms. The van der Waals surface area contributed by atoms with Gasteiger partial charge in [-0.25, -0.2) is 0 Å². The van der Waals surface area contributed by atoms with E-state index in [9.17, 15) is 0 Å². The first-order valence-electron chi connectivity index (χ1n) is 6.85. The highest BCUT2D eigenvalue weighted by molar-refractivity contribution is 5.03. The molecule has 2 aliphatic rings. The van der Waals surface area contributed by atoms with Gasteiger partial charge < -0.3 is 10.1 Å². The molecule has 94 valence electrons. The van der Waals surface area contributed by atoms with E-state index in [0.29, 0.717) is 23.5 Å². The second-order valence-electron chi connectivity index (χ2n) is 6.68. The molecule has 2 nitrogen and oxygen atoms in total. The number of hydrogen-bond donors (Lipinski definition) is 1. The third-order valence-corrected chi connectivity index (χ3v) is 4.16. The molecule has 0 aromatic carbocycles. The fourth-order valence-corrected chi connectivity index (χ4v) is 2.45. The van der Waals surface area contributed by atoms with Crippen molar-refractivity contribution in [1.82, 2.24) is 5.32 Å². The molecule has 2 rings (SSSR count). The van der Waals surface area contributed by atoms with Crippen LogP contribution in [-0.4, -0.2) is 25.3 Å². The molecule has 2 unspecified atom stereocenters. The largest absolute Gasteiger partial charge is 0.377 e. The highest BCUT2D eigenvalue weighted by Crippen LogP contribution is 2.43. The summed E-state index contributed by atoms with van der Waals surface area (Å²) in [6.07, 6.45) is 4.54. The average molecular weight is 225 g/mol. The Balaban J connectivity index is 1.69. The minimum Gasteiger partial charge on any atom is -0.377 e. The van der Waals surface area contributed by atoms with Crippen molar-refractivity contribution in [3.05, 3.63) is 0 Å². The van der Waals surface area contributed by atoms with E-state index >= 15 is 0 Å². The first-order chi connectivity index (χ1) is 7.50. The molecular formula is C14H27NO. The highest BCUT2D eigenvalue weighted by atomic mass is 16.5. The van der Waals surface area contributed by atoms with Crippen LogP contribution in [0.4, 0.5) is 0 Å². The Morgan fingerprint density at radius 2 is 2.00 bits per heavy atom. The van der Waals surface area contributed by atoms with Crippen molar-refractivity contribution in [2.75, 3.05) is 13.2 Å². The van der Waals surface area contributed by atoms with E-state index in [2.05, 4.69) is 33.0 Å². The van der Waals surface area contributed by atoms with Crippen LogP contribution in [-0.2, 0) is 4.74 Å². The monoisotopic (exact) mass is 225 g/mol. The second kappa shape index (κ2) is 4.66. The van der Waals surface area contributed by atoms with Gasteiger partial charge in [0.25, 0.3) is 0 Å². The molecule has 2 atom stereocenters. The van der Waals surface area contributed by atoms with Crippen molar-refractivity contribution >= 4 is 0 Å². The summed E-state index contributed by atoms with van der Waals surface area (Å²) < 4.78 is 5.97. The summed E-state index contributed by atoms with van der Waals surface area (Å²) in [6.45, 7) is 11.2. The van der Waals surface area contributed by atoms with Crippen LogP contribution in [0.2, 0.25) is 0 Å². The minimum absolute atomic E-state index is 0.323. The summed E-state index contributed by atoms with van der Waals surface area (Å²) in [5, 5.41) is 3.71. The first-order valence-corrected chi connectivity index (χ1v) is 6.85. The Kier molecular flexibility index (Phi) is 3.60. The summed E-state index contributed by atoms with van der Waals surface area (Å²) in [5.74, 6) is 1.63. The maximum absolute atomic E-state index is 5.97. The van der Waals surface area contributed by atoms with Crippen LogP contribution in [0, 0.1) is 17.3 Å². The zero-order chi connectivity index (χ0) is 11.8. The Morgan fingerprint density at radius 3 is 2.50 bits per heavy atom. The Hall–Kier alpha value is -0.0800. The quantitative estimate of drug-likeness (QED) is 0.750. The van der Waals surface area contributed by atoms with Crippen LogP contribution in [0.3, 0.4) is 0 Å². The van der Waals surface area contributed by atoms with Gasteiger partial charge in [0.05, 0.1) is 6.10 Å². The molecule has 0 bridgehead atoms. The van der Waals surface area contributed by atoms with Crippen molar-refractivity contribution in [3.8, 4) is 0 Å². The fourth-order valence-electron chi connectivity index (χ4n) is 2.45. The average Bonchev–Trinajstić information content (AvgIpc) is 2.98. The predicted molar refractivity (Wildman–Crippen MR) is 67.5 cm³/mol. The Morgan fingerprint density at radius 1 is 1.31 bits per heavy atom. The molecule has 0 spiro atoms. The lowest BCUT2D eigenvalue weighted by Crippen LogP contribution is -2.61. The zero-order valence-corrected chi connectivity index (χ0v) is 11.3. The van der Waals surface area contributed by atoms with E-state index in [1.54, 1.807) is 0 Å². The number of ether oxygens (including phenoxy) is 1. The standard InChI is InChI=1S/C14H27NO/c1-10(2)9-16-13-7-12(14(13,3)4)15-8-11-5-6-11/h10-13,15H,5-9H2,1-4H3. The molecule has 2 fully saturated rings. The lowest BCUT2D eigenvalue weighted by Gasteiger charge is -2.52. The van der Waals surface area contributed by atoms with Crippen LogP contribution < -0.4 is 5.32 Å². The van der Waals surface area contributed by atoms with Gasteiger partial charge in [0.1, 0.15) is 0 Å².